The van der Waals surface area contributed by atoms with Gasteiger partial charge in [0.15, 0.2) is 0 Å². The molecular formula is C40H46. The fourth-order valence-corrected chi connectivity index (χ4v) is 8.56. The van der Waals surface area contributed by atoms with E-state index in [2.05, 4.69) is 109 Å². The molecule has 1 fully saturated rings. The smallest absolute Gasteiger partial charge is 0.00837 e. The van der Waals surface area contributed by atoms with Gasteiger partial charge < -0.3 is 0 Å². The highest BCUT2D eigenvalue weighted by molar-refractivity contribution is 5.83. The lowest BCUT2D eigenvalue weighted by Gasteiger charge is -2.32. The van der Waals surface area contributed by atoms with Gasteiger partial charge in [-0.1, -0.05) is 104 Å². The fraction of sp³-hybridized carbons (Fsp3) is 0.400. The molecule has 0 heteroatoms. The lowest BCUT2D eigenvalue weighted by Crippen LogP contribution is -2.13. The standard InChI is InChI=1S/C40H46/c1-8-9-10-11-30-20-35-36(21-30)38-23-32(40-28(6)18-25(3)19-29(40)7)13-15-34(38)33-14-12-31(22-37(33)35)39-26(4)16-24(2)17-27(39)5/h12-19,22-23,30,35-36H,8-11,20-21H2,1-7H3. The first-order valence-electron chi connectivity index (χ1n) is 15.7. The zero-order chi connectivity index (χ0) is 28.1. The minimum absolute atomic E-state index is 0.621. The van der Waals surface area contributed by atoms with Gasteiger partial charge in [-0.2, -0.15) is 0 Å². The van der Waals surface area contributed by atoms with Crippen molar-refractivity contribution in [1.29, 1.82) is 0 Å². The van der Waals surface area contributed by atoms with Crippen LogP contribution >= 0.6 is 0 Å². The Hall–Kier alpha value is -3.12. The molecule has 0 spiro atoms. The van der Waals surface area contributed by atoms with E-state index in [0.29, 0.717) is 11.8 Å². The summed E-state index contributed by atoms with van der Waals surface area (Å²) in [7, 11) is 0. The quantitative estimate of drug-likeness (QED) is 0.219. The van der Waals surface area contributed by atoms with Gasteiger partial charge in [0.2, 0.25) is 0 Å². The van der Waals surface area contributed by atoms with Gasteiger partial charge in [-0.15, -0.1) is 0 Å². The summed E-state index contributed by atoms with van der Waals surface area (Å²) in [5.41, 5.74) is 20.1. The minimum Gasteiger partial charge on any atom is -0.0654 e. The number of hydrogen-bond acceptors (Lipinski definition) is 0. The van der Waals surface area contributed by atoms with Crippen LogP contribution in [0, 0.1) is 47.5 Å². The summed E-state index contributed by atoms with van der Waals surface area (Å²) < 4.78 is 0. The van der Waals surface area contributed by atoms with Crippen molar-refractivity contribution in [3.05, 3.63) is 105 Å². The molecular weight excluding hydrogens is 480 g/mol. The second-order valence-electron chi connectivity index (χ2n) is 13.2. The molecule has 2 unspecified atom stereocenters. The summed E-state index contributed by atoms with van der Waals surface area (Å²) in [6, 6.07) is 24.2. The van der Waals surface area contributed by atoms with Crippen LogP contribution in [0.15, 0.2) is 60.7 Å². The van der Waals surface area contributed by atoms with Crippen molar-refractivity contribution < 1.29 is 0 Å². The summed E-state index contributed by atoms with van der Waals surface area (Å²) >= 11 is 0. The largest absolute Gasteiger partial charge is 0.0654 e. The van der Waals surface area contributed by atoms with Gasteiger partial charge in [-0.05, 0) is 139 Å². The molecule has 4 aromatic rings. The Morgan fingerprint density at radius 3 is 1.38 bits per heavy atom. The van der Waals surface area contributed by atoms with E-state index < -0.39 is 0 Å². The van der Waals surface area contributed by atoms with Crippen LogP contribution in [0.4, 0.5) is 0 Å². The average molecular weight is 527 g/mol. The molecule has 2 aliphatic carbocycles. The number of aryl methyl sites for hydroxylation is 6. The van der Waals surface area contributed by atoms with Crippen LogP contribution < -0.4 is 0 Å². The first kappa shape index (κ1) is 27.1. The van der Waals surface area contributed by atoms with Crippen LogP contribution in [0.5, 0.6) is 0 Å². The number of benzene rings is 4. The van der Waals surface area contributed by atoms with E-state index in [1.807, 2.05) is 0 Å². The molecule has 0 aromatic heterocycles. The fourth-order valence-electron chi connectivity index (χ4n) is 8.56. The van der Waals surface area contributed by atoms with E-state index in [9.17, 15) is 0 Å². The Kier molecular flexibility index (Phi) is 7.24. The molecule has 0 saturated heterocycles. The Morgan fingerprint density at radius 2 is 0.975 bits per heavy atom. The zero-order valence-corrected chi connectivity index (χ0v) is 25.7. The maximum Gasteiger partial charge on any atom is -0.00837 e. The zero-order valence-electron chi connectivity index (χ0n) is 25.7. The Labute approximate surface area is 242 Å². The number of unbranched alkanes of at least 4 members (excludes halogenated alkanes) is 2. The van der Waals surface area contributed by atoms with Crippen LogP contribution in [-0.2, 0) is 0 Å². The normalized spacial score (nSPS) is 19.3. The lowest BCUT2D eigenvalue weighted by molar-refractivity contribution is 0.463. The minimum atomic E-state index is 0.621. The van der Waals surface area contributed by atoms with E-state index in [-0.39, 0.29) is 0 Å². The third kappa shape index (κ3) is 4.74. The third-order valence-corrected chi connectivity index (χ3v) is 10.00. The van der Waals surface area contributed by atoms with Crippen LogP contribution in [0.25, 0.3) is 33.4 Å². The van der Waals surface area contributed by atoms with Crippen molar-refractivity contribution >= 4 is 0 Å². The first-order valence-corrected chi connectivity index (χ1v) is 15.7. The molecule has 1 saturated carbocycles. The Balaban J connectivity index is 1.49. The lowest BCUT2D eigenvalue weighted by atomic mass is 9.71. The maximum atomic E-state index is 2.58. The second kappa shape index (κ2) is 10.7. The van der Waals surface area contributed by atoms with Gasteiger partial charge in [0, 0.05) is 0 Å². The molecule has 206 valence electrons. The number of hydrogen-bond donors (Lipinski definition) is 0. The van der Waals surface area contributed by atoms with E-state index in [1.165, 1.54) is 105 Å². The van der Waals surface area contributed by atoms with Crippen molar-refractivity contribution in [2.45, 2.75) is 98.8 Å². The van der Waals surface area contributed by atoms with Crippen LogP contribution in [-0.4, -0.2) is 0 Å². The second-order valence-corrected chi connectivity index (χ2v) is 13.2. The Bertz CT molecular complexity index is 1420. The Morgan fingerprint density at radius 1 is 0.550 bits per heavy atom. The van der Waals surface area contributed by atoms with Gasteiger partial charge in [-0.3, -0.25) is 0 Å². The van der Waals surface area contributed by atoms with Gasteiger partial charge in [0.25, 0.3) is 0 Å². The molecule has 2 aliphatic rings. The van der Waals surface area contributed by atoms with Crippen molar-refractivity contribution in [2.24, 2.45) is 5.92 Å². The summed E-state index contributed by atoms with van der Waals surface area (Å²) in [5.74, 6) is 2.07. The van der Waals surface area contributed by atoms with Crippen LogP contribution in [0.3, 0.4) is 0 Å². The summed E-state index contributed by atoms with van der Waals surface area (Å²) in [6.45, 7) is 15.9. The molecule has 6 rings (SSSR count). The predicted molar refractivity (Wildman–Crippen MR) is 174 cm³/mol. The topological polar surface area (TPSA) is 0 Å². The molecule has 0 aliphatic heterocycles. The van der Waals surface area contributed by atoms with Gasteiger partial charge in [0.05, 0.1) is 0 Å². The van der Waals surface area contributed by atoms with Crippen molar-refractivity contribution in [1.82, 2.24) is 0 Å². The summed E-state index contributed by atoms with van der Waals surface area (Å²) in [4.78, 5) is 0. The first-order chi connectivity index (χ1) is 19.2. The molecule has 0 nitrogen and oxygen atoms in total. The van der Waals surface area contributed by atoms with Crippen LogP contribution in [0.1, 0.15) is 102 Å². The highest BCUT2D eigenvalue weighted by Crippen LogP contribution is 2.58. The molecule has 0 amide bonds. The van der Waals surface area contributed by atoms with Gasteiger partial charge >= 0.3 is 0 Å². The number of fused-ring (bicyclic) bond motifs is 6. The molecule has 40 heavy (non-hydrogen) atoms. The van der Waals surface area contributed by atoms with Crippen LogP contribution in [0.2, 0.25) is 0 Å². The highest BCUT2D eigenvalue weighted by atomic mass is 14.4. The summed E-state index contributed by atoms with van der Waals surface area (Å²) in [5, 5.41) is 0. The molecule has 4 aromatic carbocycles. The summed E-state index contributed by atoms with van der Waals surface area (Å²) in [6.07, 6.45) is 8.11. The van der Waals surface area contributed by atoms with E-state index in [1.54, 1.807) is 11.1 Å². The SMILES string of the molecule is CCCCCC1CC2c3cc(-c4c(C)cc(C)cc4C)ccc3-c3ccc(-c4c(C)cc(C)cc4C)cc3C2C1. The van der Waals surface area contributed by atoms with E-state index in [4.69, 9.17) is 0 Å². The molecule has 0 bridgehead atoms. The average Bonchev–Trinajstić information content (AvgIpc) is 3.32. The van der Waals surface area contributed by atoms with E-state index in [0.717, 1.165) is 5.92 Å². The molecule has 0 heterocycles. The molecule has 2 atom stereocenters. The highest BCUT2D eigenvalue weighted by Gasteiger charge is 2.41. The molecule has 0 radical (unpaired) electrons. The van der Waals surface area contributed by atoms with Crippen molar-refractivity contribution in [3.63, 3.8) is 0 Å². The monoisotopic (exact) mass is 526 g/mol. The predicted octanol–water partition coefficient (Wildman–Crippen LogP) is 11.7. The van der Waals surface area contributed by atoms with Gasteiger partial charge in [-0.25, -0.2) is 0 Å². The van der Waals surface area contributed by atoms with E-state index >= 15 is 0 Å². The number of rotatable bonds is 6. The van der Waals surface area contributed by atoms with Gasteiger partial charge in [0.1, 0.15) is 0 Å². The van der Waals surface area contributed by atoms with Crippen molar-refractivity contribution in [2.75, 3.05) is 0 Å². The maximum absolute atomic E-state index is 2.58. The third-order valence-electron chi connectivity index (χ3n) is 10.00. The van der Waals surface area contributed by atoms with Crippen molar-refractivity contribution in [3.8, 4) is 33.4 Å². The molecule has 0 N–H and O–H groups in total.